The van der Waals surface area contributed by atoms with Gasteiger partial charge in [0.2, 0.25) is 0 Å². The van der Waals surface area contributed by atoms with E-state index in [1.54, 1.807) is 12.1 Å². The lowest BCUT2D eigenvalue weighted by Crippen LogP contribution is -2.11. The Balaban J connectivity index is 2.04. The molecule has 20 heavy (non-hydrogen) atoms. The fourth-order valence-electron chi connectivity index (χ4n) is 1.95. The van der Waals surface area contributed by atoms with Crippen LogP contribution < -0.4 is 5.32 Å². The monoisotopic (exact) mass is 291 g/mol. The average molecular weight is 292 g/mol. The van der Waals surface area contributed by atoms with E-state index >= 15 is 0 Å². The molecule has 2 aromatic carbocycles. The maximum absolute atomic E-state index is 13.6. The van der Waals surface area contributed by atoms with Gasteiger partial charge in [0.15, 0.2) is 0 Å². The van der Waals surface area contributed by atoms with Crippen LogP contribution in [0.3, 0.4) is 0 Å². The molecule has 0 spiro atoms. The first-order chi connectivity index (χ1) is 9.36. The maximum atomic E-state index is 13.6. The normalized spacial score (nSPS) is 11.4. The zero-order valence-corrected chi connectivity index (χ0v) is 12.8. The summed E-state index contributed by atoms with van der Waals surface area (Å²) in [6.07, 6.45) is 0. The SMILES string of the molecule is CC(C)(C)c1ccc(CNc2ccc(Cl)cc2F)cc1. The zero-order chi connectivity index (χ0) is 14.8. The minimum Gasteiger partial charge on any atom is -0.379 e. The highest BCUT2D eigenvalue weighted by Crippen LogP contribution is 2.23. The first kappa shape index (κ1) is 14.9. The second-order valence-electron chi connectivity index (χ2n) is 5.92. The Hall–Kier alpha value is -1.54. The fraction of sp³-hybridized carbons (Fsp3) is 0.294. The second kappa shape index (κ2) is 5.84. The summed E-state index contributed by atoms with van der Waals surface area (Å²) in [6.45, 7) is 7.14. The summed E-state index contributed by atoms with van der Waals surface area (Å²) in [4.78, 5) is 0. The Labute approximate surface area is 124 Å². The maximum Gasteiger partial charge on any atom is 0.147 e. The minimum absolute atomic E-state index is 0.147. The van der Waals surface area contributed by atoms with Gasteiger partial charge in [0.1, 0.15) is 5.82 Å². The second-order valence-corrected chi connectivity index (χ2v) is 6.36. The third-order valence-electron chi connectivity index (χ3n) is 3.23. The lowest BCUT2D eigenvalue weighted by atomic mass is 9.87. The van der Waals surface area contributed by atoms with Crippen LogP contribution in [0, 0.1) is 5.82 Å². The van der Waals surface area contributed by atoms with Gasteiger partial charge in [0, 0.05) is 11.6 Å². The molecule has 0 radical (unpaired) electrons. The van der Waals surface area contributed by atoms with Crippen molar-refractivity contribution in [3.05, 3.63) is 64.4 Å². The van der Waals surface area contributed by atoms with E-state index in [1.807, 2.05) is 0 Å². The van der Waals surface area contributed by atoms with Crippen LogP contribution in [-0.2, 0) is 12.0 Å². The lowest BCUT2D eigenvalue weighted by molar-refractivity contribution is 0.590. The molecule has 0 unspecified atom stereocenters. The molecule has 0 aliphatic rings. The molecule has 2 aromatic rings. The standard InChI is InChI=1S/C17H19ClFN/c1-17(2,3)13-6-4-12(5-7-13)11-20-16-9-8-14(18)10-15(16)19/h4-10,20H,11H2,1-3H3. The van der Waals surface area contributed by atoms with Crippen molar-refractivity contribution in [2.24, 2.45) is 0 Å². The molecule has 0 amide bonds. The van der Waals surface area contributed by atoms with Crippen molar-refractivity contribution < 1.29 is 4.39 Å². The van der Waals surface area contributed by atoms with Gasteiger partial charge >= 0.3 is 0 Å². The van der Waals surface area contributed by atoms with Gasteiger partial charge < -0.3 is 5.32 Å². The van der Waals surface area contributed by atoms with E-state index in [4.69, 9.17) is 11.6 Å². The van der Waals surface area contributed by atoms with E-state index in [9.17, 15) is 4.39 Å². The number of nitrogens with one attached hydrogen (secondary N) is 1. The quantitative estimate of drug-likeness (QED) is 0.799. The van der Waals surface area contributed by atoms with E-state index < -0.39 is 0 Å². The van der Waals surface area contributed by atoms with Crippen LogP contribution in [0.4, 0.5) is 10.1 Å². The van der Waals surface area contributed by atoms with Crippen molar-refractivity contribution in [3.8, 4) is 0 Å². The highest BCUT2D eigenvalue weighted by Gasteiger charge is 2.12. The molecule has 0 saturated heterocycles. The van der Waals surface area contributed by atoms with Crippen molar-refractivity contribution in [3.63, 3.8) is 0 Å². The van der Waals surface area contributed by atoms with E-state index in [2.05, 4.69) is 50.4 Å². The van der Waals surface area contributed by atoms with Crippen LogP contribution in [0.25, 0.3) is 0 Å². The lowest BCUT2D eigenvalue weighted by Gasteiger charge is -2.19. The molecule has 0 bridgehead atoms. The summed E-state index contributed by atoms with van der Waals surface area (Å²) in [5.74, 6) is -0.330. The minimum atomic E-state index is -0.330. The van der Waals surface area contributed by atoms with Crippen LogP contribution in [0.1, 0.15) is 31.9 Å². The molecule has 3 heteroatoms. The molecule has 106 valence electrons. The van der Waals surface area contributed by atoms with Crippen molar-refractivity contribution in [2.75, 3.05) is 5.32 Å². The molecule has 0 aromatic heterocycles. The van der Waals surface area contributed by atoms with E-state index in [1.165, 1.54) is 11.6 Å². The third kappa shape index (κ3) is 3.73. The molecular formula is C17H19ClFN. The Morgan fingerprint density at radius 1 is 1.05 bits per heavy atom. The molecule has 0 fully saturated rings. The highest BCUT2D eigenvalue weighted by atomic mass is 35.5. The first-order valence-corrected chi connectivity index (χ1v) is 7.02. The Kier molecular flexibility index (Phi) is 4.34. The van der Waals surface area contributed by atoms with Crippen LogP contribution in [0.15, 0.2) is 42.5 Å². The van der Waals surface area contributed by atoms with Gasteiger partial charge in [0.05, 0.1) is 5.69 Å². The number of hydrogen-bond acceptors (Lipinski definition) is 1. The molecule has 1 N–H and O–H groups in total. The highest BCUT2D eigenvalue weighted by molar-refractivity contribution is 6.30. The van der Waals surface area contributed by atoms with Gasteiger partial charge in [-0.2, -0.15) is 0 Å². The van der Waals surface area contributed by atoms with Gasteiger partial charge in [-0.25, -0.2) is 4.39 Å². The van der Waals surface area contributed by atoms with Crippen LogP contribution >= 0.6 is 11.6 Å². The number of benzene rings is 2. The molecule has 2 rings (SSSR count). The van der Waals surface area contributed by atoms with Crippen molar-refractivity contribution in [1.29, 1.82) is 0 Å². The molecule has 0 heterocycles. The Morgan fingerprint density at radius 3 is 2.25 bits per heavy atom. The molecule has 0 aliphatic carbocycles. The summed E-state index contributed by atoms with van der Waals surface area (Å²) in [6, 6.07) is 13.0. The van der Waals surface area contributed by atoms with Crippen molar-refractivity contribution >= 4 is 17.3 Å². The van der Waals surface area contributed by atoms with Crippen LogP contribution in [-0.4, -0.2) is 0 Å². The summed E-state index contributed by atoms with van der Waals surface area (Å²) in [7, 11) is 0. The Morgan fingerprint density at radius 2 is 1.70 bits per heavy atom. The van der Waals surface area contributed by atoms with Gasteiger partial charge in [0.25, 0.3) is 0 Å². The molecule has 0 atom stereocenters. The van der Waals surface area contributed by atoms with Gasteiger partial charge in [-0.05, 0) is 34.7 Å². The molecule has 1 nitrogen and oxygen atoms in total. The van der Waals surface area contributed by atoms with Gasteiger partial charge in [-0.1, -0.05) is 56.6 Å². The van der Waals surface area contributed by atoms with Gasteiger partial charge in [-0.15, -0.1) is 0 Å². The smallest absolute Gasteiger partial charge is 0.147 e. The third-order valence-corrected chi connectivity index (χ3v) is 3.47. The summed E-state index contributed by atoms with van der Waals surface area (Å²) in [5, 5.41) is 3.49. The van der Waals surface area contributed by atoms with Gasteiger partial charge in [-0.3, -0.25) is 0 Å². The number of rotatable bonds is 3. The van der Waals surface area contributed by atoms with E-state index in [0.717, 1.165) is 5.56 Å². The number of anilines is 1. The summed E-state index contributed by atoms with van der Waals surface area (Å²) < 4.78 is 13.6. The average Bonchev–Trinajstić information content (AvgIpc) is 2.37. The molecule has 0 aliphatic heterocycles. The largest absolute Gasteiger partial charge is 0.379 e. The predicted octanol–water partition coefficient (Wildman–Crippen LogP) is 5.39. The summed E-state index contributed by atoms with van der Waals surface area (Å²) >= 11 is 5.73. The molecular weight excluding hydrogens is 273 g/mol. The van der Waals surface area contributed by atoms with Crippen molar-refractivity contribution in [2.45, 2.75) is 32.7 Å². The topological polar surface area (TPSA) is 12.0 Å². The van der Waals surface area contributed by atoms with E-state index in [-0.39, 0.29) is 11.2 Å². The summed E-state index contributed by atoms with van der Waals surface area (Å²) in [5.41, 5.74) is 3.02. The van der Waals surface area contributed by atoms with E-state index in [0.29, 0.717) is 17.3 Å². The first-order valence-electron chi connectivity index (χ1n) is 6.64. The predicted molar refractivity (Wildman–Crippen MR) is 83.9 cm³/mol. The Bertz CT molecular complexity index is 585. The van der Waals surface area contributed by atoms with Crippen LogP contribution in [0.5, 0.6) is 0 Å². The number of hydrogen-bond donors (Lipinski definition) is 1. The molecule has 0 saturated carbocycles. The number of halogens is 2. The zero-order valence-electron chi connectivity index (χ0n) is 12.0. The fourth-order valence-corrected chi connectivity index (χ4v) is 2.11. The van der Waals surface area contributed by atoms with Crippen molar-refractivity contribution in [1.82, 2.24) is 0 Å². The van der Waals surface area contributed by atoms with Crippen LogP contribution in [0.2, 0.25) is 5.02 Å².